The molecule has 2 aromatic heterocycles. The fourth-order valence-electron chi connectivity index (χ4n) is 4.20. The van der Waals surface area contributed by atoms with Crippen LogP contribution in [-0.2, 0) is 6.42 Å². The van der Waals surface area contributed by atoms with Gasteiger partial charge >= 0.3 is 0 Å². The number of pyridine rings is 1. The Balaban J connectivity index is 1.71. The van der Waals surface area contributed by atoms with Crippen LogP contribution in [0.1, 0.15) is 30.0 Å². The van der Waals surface area contributed by atoms with E-state index in [1.807, 2.05) is 30.5 Å². The zero-order valence-electron chi connectivity index (χ0n) is 16.9. The molecule has 0 amide bonds. The first-order valence-electron chi connectivity index (χ1n) is 10.2. The summed E-state index contributed by atoms with van der Waals surface area (Å²) in [6.07, 6.45) is 7.02. The Hall–Kier alpha value is -3.18. The summed E-state index contributed by atoms with van der Waals surface area (Å²) in [4.78, 5) is 10.2. The lowest BCUT2D eigenvalue weighted by Gasteiger charge is -2.28. The van der Waals surface area contributed by atoms with Gasteiger partial charge in [0, 0.05) is 11.6 Å². The van der Waals surface area contributed by atoms with Crippen LogP contribution < -0.4 is 9.54 Å². The van der Waals surface area contributed by atoms with Crippen molar-refractivity contribution in [1.82, 2.24) is 9.55 Å². The van der Waals surface area contributed by atoms with Gasteiger partial charge in [-0.15, -0.1) is 11.3 Å². The van der Waals surface area contributed by atoms with E-state index in [1.165, 1.54) is 28.8 Å². The molecule has 0 spiro atoms. The topological polar surface area (TPSA) is 39.4 Å². The minimum atomic E-state index is 0.272. The second-order valence-electron chi connectivity index (χ2n) is 7.43. The molecule has 1 atom stereocenters. The molecular weight excluding hydrogens is 390 g/mol. The normalized spacial score (nSPS) is 16.3. The summed E-state index contributed by atoms with van der Waals surface area (Å²) in [5, 5.41) is 2.22. The minimum absolute atomic E-state index is 0.272. The second kappa shape index (κ2) is 8.28. The van der Waals surface area contributed by atoms with Crippen molar-refractivity contribution in [1.29, 1.82) is 0 Å². The maximum absolute atomic E-state index is 5.35. The molecule has 0 fully saturated rings. The Morgan fingerprint density at radius 3 is 2.73 bits per heavy atom. The molecule has 1 aliphatic rings. The van der Waals surface area contributed by atoms with E-state index in [-0.39, 0.29) is 6.04 Å². The molecule has 2 aromatic carbocycles. The lowest BCUT2D eigenvalue weighted by atomic mass is 9.87. The van der Waals surface area contributed by atoms with Gasteiger partial charge in [0.2, 0.25) is 0 Å². The Labute approximate surface area is 180 Å². The molecule has 150 valence electrons. The van der Waals surface area contributed by atoms with E-state index in [0.717, 1.165) is 29.1 Å². The maximum Gasteiger partial charge on any atom is 0.191 e. The second-order valence-corrected chi connectivity index (χ2v) is 8.27. The summed E-state index contributed by atoms with van der Waals surface area (Å²) in [7, 11) is 1.70. The number of fused-ring (bicyclic) bond motifs is 1. The van der Waals surface area contributed by atoms with Crippen molar-refractivity contribution in [3.63, 3.8) is 0 Å². The Morgan fingerprint density at radius 1 is 1.07 bits per heavy atom. The highest BCUT2D eigenvalue weighted by Gasteiger charge is 2.24. The number of aryl methyl sites for hydroxylation is 1. The molecular formula is C25H23N3OS. The van der Waals surface area contributed by atoms with Crippen LogP contribution in [0.15, 0.2) is 83.4 Å². The Bertz CT molecular complexity index is 1210. The molecule has 2 heterocycles. The van der Waals surface area contributed by atoms with E-state index in [9.17, 15) is 0 Å². The molecule has 0 saturated carbocycles. The number of methoxy groups -OCH3 is 1. The molecule has 0 N–H and O–H groups in total. The van der Waals surface area contributed by atoms with Gasteiger partial charge in [-0.1, -0.05) is 24.3 Å². The third-order valence-electron chi connectivity index (χ3n) is 5.65. The predicted molar refractivity (Wildman–Crippen MR) is 121 cm³/mol. The highest BCUT2D eigenvalue weighted by atomic mass is 32.1. The van der Waals surface area contributed by atoms with E-state index >= 15 is 0 Å². The van der Waals surface area contributed by atoms with Gasteiger partial charge in [0.05, 0.1) is 30.7 Å². The lowest BCUT2D eigenvalue weighted by Crippen LogP contribution is -2.26. The van der Waals surface area contributed by atoms with Crippen molar-refractivity contribution >= 4 is 17.0 Å². The number of aromatic nitrogens is 2. The van der Waals surface area contributed by atoms with Crippen molar-refractivity contribution in [2.45, 2.75) is 25.3 Å². The molecule has 1 aliphatic carbocycles. The Kier molecular flexibility index (Phi) is 5.20. The first-order chi connectivity index (χ1) is 14.8. The third kappa shape index (κ3) is 3.57. The number of ether oxygens (including phenoxy) is 1. The number of hydrogen-bond donors (Lipinski definition) is 0. The molecule has 4 nitrogen and oxygen atoms in total. The Morgan fingerprint density at radius 2 is 1.93 bits per heavy atom. The summed E-state index contributed by atoms with van der Waals surface area (Å²) in [5.74, 6) is 0.865. The molecule has 0 bridgehead atoms. The van der Waals surface area contributed by atoms with Crippen LogP contribution in [0, 0.1) is 0 Å². The minimum Gasteiger partial charge on any atom is -0.497 e. The van der Waals surface area contributed by atoms with Gasteiger partial charge in [0.25, 0.3) is 0 Å². The summed E-state index contributed by atoms with van der Waals surface area (Å²) in [6, 6.07) is 21.3. The largest absolute Gasteiger partial charge is 0.497 e. The lowest BCUT2D eigenvalue weighted by molar-refractivity contribution is 0.415. The molecule has 5 rings (SSSR count). The van der Waals surface area contributed by atoms with E-state index < -0.39 is 0 Å². The fraction of sp³-hybridized carbons (Fsp3) is 0.200. The number of nitrogens with zero attached hydrogens (tertiary/aromatic N) is 3. The number of hydrogen-bond acceptors (Lipinski definition) is 4. The summed E-state index contributed by atoms with van der Waals surface area (Å²) < 4.78 is 7.77. The van der Waals surface area contributed by atoms with Crippen LogP contribution >= 0.6 is 11.3 Å². The average molecular weight is 414 g/mol. The number of rotatable bonds is 4. The molecule has 1 unspecified atom stereocenters. The zero-order valence-corrected chi connectivity index (χ0v) is 17.7. The van der Waals surface area contributed by atoms with Gasteiger partial charge in [-0.05, 0) is 72.4 Å². The predicted octanol–water partition coefficient (Wildman–Crippen LogP) is 5.78. The van der Waals surface area contributed by atoms with Crippen LogP contribution in [0.3, 0.4) is 0 Å². The first kappa shape index (κ1) is 18.8. The van der Waals surface area contributed by atoms with Gasteiger partial charge in [-0.2, -0.15) is 0 Å². The van der Waals surface area contributed by atoms with Crippen molar-refractivity contribution in [2.24, 2.45) is 4.99 Å². The average Bonchev–Trinajstić information content (AvgIpc) is 3.22. The maximum atomic E-state index is 5.35. The van der Waals surface area contributed by atoms with E-state index in [2.05, 4.69) is 51.3 Å². The van der Waals surface area contributed by atoms with E-state index in [1.54, 1.807) is 24.6 Å². The van der Waals surface area contributed by atoms with Crippen molar-refractivity contribution < 1.29 is 4.74 Å². The van der Waals surface area contributed by atoms with E-state index in [4.69, 9.17) is 9.73 Å². The molecule has 5 heteroatoms. The van der Waals surface area contributed by atoms with Crippen LogP contribution in [0.5, 0.6) is 5.75 Å². The first-order valence-corrected chi connectivity index (χ1v) is 11.1. The smallest absolute Gasteiger partial charge is 0.191 e. The van der Waals surface area contributed by atoms with Crippen molar-refractivity contribution in [3.8, 4) is 17.0 Å². The molecule has 30 heavy (non-hydrogen) atoms. The van der Waals surface area contributed by atoms with Crippen LogP contribution in [0.2, 0.25) is 0 Å². The van der Waals surface area contributed by atoms with Crippen molar-refractivity contribution in [2.75, 3.05) is 7.11 Å². The molecule has 4 aromatic rings. The van der Waals surface area contributed by atoms with Crippen molar-refractivity contribution in [3.05, 3.63) is 94.4 Å². The summed E-state index contributed by atoms with van der Waals surface area (Å²) in [6.45, 7) is 0. The van der Waals surface area contributed by atoms with Gasteiger partial charge < -0.3 is 9.30 Å². The monoisotopic (exact) mass is 413 g/mol. The molecule has 0 saturated heterocycles. The van der Waals surface area contributed by atoms with Crippen LogP contribution in [0.4, 0.5) is 5.69 Å². The summed E-state index contributed by atoms with van der Waals surface area (Å²) in [5.41, 5.74) is 6.08. The summed E-state index contributed by atoms with van der Waals surface area (Å²) >= 11 is 1.68. The van der Waals surface area contributed by atoms with Gasteiger partial charge in [0.15, 0.2) is 4.80 Å². The molecule has 0 radical (unpaired) electrons. The SMILES string of the molecule is COc1ccc(-c2csc(=Nc3cccnc3)n2C2CCCc3ccccc32)cc1. The van der Waals surface area contributed by atoms with Crippen LogP contribution in [0.25, 0.3) is 11.3 Å². The fourth-order valence-corrected chi connectivity index (χ4v) is 5.17. The highest BCUT2D eigenvalue weighted by molar-refractivity contribution is 7.07. The third-order valence-corrected chi connectivity index (χ3v) is 6.49. The highest BCUT2D eigenvalue weighted by Crippen LogP contribution is 2.36. The number of thiazole rings is 1. The van der Waals surface area contributed by atoms with Gasteiger partial charge in [-0.25, -0.2) is 4.99 Å². The zero-order chi connectivity index (χ0) is 20.3. The van der Waals surface area contributed by atoms with Gasteiger partial charge in [-0.3, -0.25) is 4.98 Å². The standard InChI is InChI=1S/C25H23N3OS/c1-29-21-13-11-19(12-14-21)24-17-30-25(27-20-8-5-15-26-16-20)28(24)23-10-4-7-18-6-2-3-9-22(18)23/h2-3,5-6,8-9,11-17,23H,4,7,10H2,1H3. The van der Waals surface area contributed by atoms with E-state index in [0.29, 0.717) is 0 Å². The number of benzene rings is 2. The van der Waals surface area contributed by atoms with Gasteiger partial charge in [0.1, 0.15) is 5.75 Å². The van der Waals surface area contributed by atoms with Crippen LogP contribution in [-0.4, -0.2) is 16.7 Å². The quantitative estimate of drug-likeness (QED) is 0.425. The molecule has 0 aliphatic heterocycles.